The van der Waals surface area contributed by atoms with E-state index in [0.717, 1.165) is 33.7 Å². The van der Waals surface area contributed by atoms with E-state index in [2.05, 4.69) is 11.4 Å². The zero-order valence-corrected chi connectivity index (χ0v) is 19.5. The summed E-state index contributed by atoms with van der Waals surface area (Å²) in [6, 6.07) is 20.5. The summed E-state index contributed by atoms with van der Waals surface area (Å²) in [7, 11) is -2.06. The van der Waals surface area contributed by atoms with Crippen LogP contribution in [0.1, 0.15) is 23.6 Å². The van der Waals surface area contributed by atoms with Crippen LogP contribution in [0, 0.1) is 12.8 Å². The first-order valence-electron chi connectivity index (χ1n) is 11.2. The Kier molecular flexibility index (Phi) is 5.64. The number of fused-ring (bicyclic) bond motifs is 3. The number of aliphatic hydroxyl groups is 1. The Bertz CT molecular complexity index is 1290. The molecule has 0 aliphatic carbocycles. The largest absolute Gasteiger partial charge is 0.497 e. The average Bonchev–Trinajstić information content (AvgIpc) is 3.30. The Morgan fingerprint density at radius 2 is 1.85 bits per heavy atom. The monoisotopic (exact) mass is 464 g/mol. The third-order valence-electron chi connectivity index (χ3n) is 6.91. The Morgan fingerprint density at radius 3 is 2.61 bits per heavy atom. The van der Waals surface area contributed by atoms with Crippen molar-refractivity contribution in [3.05, 3.63) is 77.9 Å². The molecular weight excluding hydrogens is 436 g/mol. The molecule has 6 nitrogen and oxygen atoms in total. The fourth-order valence-corrected chi connectivity index (χ4v) is 7.14. The molecular formula is C26H28N2O4S. The molecule has 3 aromatic rings. The number of ether oxygens (including phenoxy) is 1. The van der Waals surface area contributed by atoms with Gasteiger partial charge in [-0.25, -0.2) is 8.42 Å². The van der Waals surface area contributed by atoms with E-state index in [9.17, 15) is 13.5 Å². The number of benzene rings is 3. The Balaban J connectivity index is 1.62. The highest BCUT2D eigenvalue weighted by Crippen LogP contribution is 2.49. The number of anilines is 1. The third kappa shape index (κ3) is 3.70. The van der Waals surface area contributed by atoms with E-state index >= 15 is 0 Å². The number of sulfonamides is 1. The van der Waals surface area contributed by atoms with Crippen LogP contribution in [0.3, 0.4) is 0 Å². The number of methoxy groups -OCH3 is 1. The van der Waals surface area contributed by atoms with Crippen LogP contribution in [-0.4, -0.2) is 44.1 Å². The fraction of sp³-hybridized carbons (Fsp3) is 0.308. The van der Waals surface area contributed by atoms with Gasteiger partial charge in [-0.15, -0.1) is 0 Å². The molecule has 3 aromatic carbocycles. The lowest BCUT2D eigenvalue weighted by Gasteiger charge is -2.39. The molecule has 0 radical (unpaired) electrons. The second-order valence-corrected chi connectivity index (χ2v) is 10.6. The summed E-state index contributed by atoms with van der Waals surface area (Å²) in [6.45, 7) is 2.21. The first kappa shape index (κ1) is 21.9. The molecule has 33 heavy (non-hydrogen) atoms. The van der Waals surface area contributed by atoms with Gasteiger partial charge in [0.25, 0.3) is 0 Å². The Hall–Kier alpha value is -2.87. The van der Waals surface area contributed by atoms with Crippen molar-refractivity contribution in [3.63, 3.8) is 0 Å². The van der Waals surface area contributed by atoms with Crippen LogP contribution < -0.4 is 10.1 Å². The minimum Gasteiger partial charge on any atom is -0.497 e. The zero-order chi connectivity index (χ0) is 23.2. The topological polar surface area (TPSA) is 78.9 Å². The van der Waals surface area contributed by atoms with Crippen molar-refractivity contribution < 1.29 is 18.3 Å². The molecule has 2 N–H and O–H groups in total. The third-order valence-corrected chi connectivity index (χ3v) is 8.95. The molecule has 172 valence electrons. The van der Waals surface area contributed by atoms with Gasteiger partial charge in [-0.05, 0) is 65.9 Å². The average molecular weight is 465 g/mol. The Morgan fingerprint density at radius 1 is 1.06 bits per heavy atom. The van der Waals surface area contributed by atoms with E-state index in [1.165, 1.54) is 0 Å². The molecule has 0 unspecified atom stereocenters. The smallest absolute Gasteiger partial charge is 0.243 e. The van der Waals surface area contributed by atoms with Crippen molar-refractivity contribution in [2.24, 2.45) is 5.92 Å². The fourth-order valence-electron chi connectivity index (χ4n) is 5.24. The summed E-state index contributed by atoms with van der Waals surface area (Å²) in [5.74, 6) is 0.757. The highest BCUT2D eigenvalue weighted by molar-refractivity contribution is 7.89. The Labute approximate surface area is 194 Å². The first-order chi connectivity index (χ1) is 15.9. The van der Waals surface area contributed by atoms with Gasteiger partial charge in [-0.3, -0.25) is 0 Å². The van der Waals surface area contributed by atoms with E-state index in [1.54, 1.807) is 23.5 Å². The number of aryl methyl sites for hydroxylation is 1. The number of hydrogen-bond donors (Lipinski definition) is 2. The summed E-state index contributed by atoms with van der Waals surface area (Å²) in [5, 5.41) is 13.5. The molecule has 7 heteroatoms. The van der Waals surface area contributed by atoms with E-state index in [-0.39, 0.29) is 24.6 Å². The normalized spacial score (nSPS) is 22.3. The standard InChI is InChI=1S/C26H28N2O4S/c1-17-6-3-4-9-25(17)33(30,31)28-13-12-21-24(16-29)27-23-11-10-19(15-22(23)26(21)28)18-7-5-8-20(14-18)32-2/h3-11,14-15,21,24,26-27,29H,12-13,16H2,1-2H3/t21-,24-,26-/m0/s1. The van der Waals surface area contributed by atoms with Crippen molar-refractivity contribution in [1.82, 2.24) is 4.31 Å². The molecule has 1 saturated heterocycles. The highest BCUT2D eigenvalue weighted by atomic mass is 32.2. The number of aliphatic hydroxyl groups excluding tert-OH is 1. The van der Waals surface area contributed by atoms with Crippen molar-refractivity contribution in [3.8, 4) is 16.9 Å². The molecule has 0 bridgehead atoms. The second kappa shape index (κ2) is 8.48. The molecule has 0 saturated carbocycles. The van der Waals surface area contributed by atoms with E-state index in [0.29, 0.717) is 17.9 Å². The van der Waals surface area contributed by atoms with E-state index < -0.39 is 10.0 Å². The van der Waals surface area contributed by atoms with Gasteiger partial charge in [-0.2, -0.15) is 4.31 Å². The van der Waals surface area contributed by atoms with Crippen molar-refractivity contribution in [2.45, 2.75) is 30.3 Å². The quantitative estimate of drug-likeness (QED) is 0.591. The van der Waals surface area contributed by atoms with Crippen LogP contribution in [0.15, 0.2) is 71.6 Å². The lowest BCUT2D eigenvalue weighted by atomic mass is 9.82. The maximum absolute atomic E-state index is 13.8. The predicted octanol–water partition coefficient (Wildman–Crippen LogP) is 4.21. The van der Waals surface area contributed by atoms with Gasteiger partial charge in [0.05, 0.1) is 30.7 Å². The van der Waals surface area contributed by atoms with Crippen LogP contribution in [0.5, 0.6) is 5.75 Å². The van der Waals surface area contributed by atoms with Crippen LogP contribution in [0.2, 0.25) is 0 Å². The van der Waals surface area contributed by atoms with Crippen LogP contribution in [0.4, 0.5) is 5.69 Å². The number of nitrogens with zero attached hydrogens (tertiary/aromatic N) is 1. The molecule has 0 amide bonds. The minimum absolute atomic E-state index is 0.0122. The number of nitrogens with one attached hydrogen (secondary N) is 1. The summed E-state index contributed by atoms with van der Waals surface area (Å²) < 4.78 is 34.6. The molecule has 5 rings (SSSR count). The van der Waals surface area contributed by atoms with Gasteiger partial charge in [0.1, 0.15) is 5.75 Å². The summed E-state index contributed by atoms with van der Waals surface area (Å²) in [4.78, 5) is 0.343. The lowest BCUT2D eigenvalue weighted by Crippen LogP contribution is -2.42. The molecule has 2 aliphatic rings. The number of hydrogen-bond acceptors (Lipinski definition) is 5. The molecule has 2 heterocycles. The highest BCUT2D eigenvalue weighted by Gasteiger charge is 2.48. The molecule has 0 aromatic heterocycles. The predicted molar refractivity (Wildman–Crippen MR) is 129 cm³/mol. The maximum atomic E-state index is 13.8. The summed E-state index contributed by atoms with van der Waals surface area (Å²) in [5.41, 5.74) is 4.55. The van der Waals surface area contributed by atoms with Gasteiger partial charge in [0.2, 0.25) is 10.0 Å². The summed E-state index contributed by atoms with van der Waals surface area (Å²) in [6.07, 6.45) is 0.691. The van der Waals surface area contributed by atoms with Gasteiger partial charge < -0.3 is 15.2 Å². The zero-order valence-electron chi connectivity index (χ0n) is 18.7. The second-order valence-electron chi connectivity index (χ2n) is 8.75. The van der Waals surface area contributed by atoms with E-state index in [4.69, 9.17) is 4.74 Å². The van der Waals surface area contributed by atoms with Gasteiger partial charge in [0, 0.05) is 18.2 Å². The minimum atomic E-state index is -3.70. The van der Waals surface area contributed by atoms with Crippen molar-refractivity contribution >= 4 is 15.7 Å². The van der Waals surface area contributed by atoms with Crippen LogP contribution in [-0.2, 0) is 10.0 Å². The van der Waals surface area contributed by atoms with Gasteiger partial charge in [-0.1, -0.05) is 36.4 Å². The van der Waals surface area contributed by atoms with Gasteiger partial charge in [0.15, 0.2) is 0 Å². The molecule has 1 fully saturated rings. The van der Waals surface area contributed by atoms with Gasteiger partial charge >= 0.3 is 0 Å². The van der Waals surface area contributed by atoms with Crippen molar-refractivity contribution in [1.29, 1.82) is 0 Å². The SMILES string of the molecule is COc1cccc(-c2ccc3c(c2)[C@@H]2[C@@H](CCN2S(=O)(=O)c2ccccc2C)[C@H](CO)N3)c1. The first-order valence-corrected chi connectivity index (χ1v) is 12.6. The molecule has 2 aliphatic heterocycles. The molecule has 0 spiro atoms. The maximum Gasteiger partial charge on any atom is 0.243 e. The van der Waals surface area contributed by atoms with Crippen LogP contribution in [0.25, 0.3) is 11.1 Å². The van der Waals surface area contributed by atoms with E-state index in [1.807, 2.05) is 55.5 Å². The van der Waals surface area contributed by atoms with Crippen LogP contribution >= 0.6 is 0 Å². The lowest BCUT2D eigenvalue weighted by molar-refractivity contribution is 0.210. The summed E-state index contributed by atoms with van der Waals surface area (Å²) >= 11 is 0. The molecule has 3 atom stereocenters. The number of rotatable bonds is 5. The van der Waals surface area contributed by atoms with Crippen molar-refractivity contribution in [2.75, 3.05) is 25.6 Å².